The number of carboxylic acid groups (broad SMARTS) is 1. The molecule has 68 valence electrons. The molecule has 1 saturated heterocycles. The number of carboxylic acids is 1. The van der Waals surface area contributed by atoms with E-state index in [1.165, 1.54) is 6.08 Å². The van der Waals surface area contributed by atoms with Crippen LogP contribution in [0.3, 0.4) is 0 Å². The molecule has 0 aromatic heterocycles. The van der Waals surface area contributed by atoms with Crippen LogP contribution in [0.25, 0.3) is 0 Å². The Bertz CT molecular complexity index is 190. The number of aliphatic carboxylic acids is 1. The molecule has 0 radical (unpaired) electrons. The summed E-state index contributed by atoms with van der Waals surface area (Å²) in [4.78, 5) is 10.3. The molecule has 1 aliphatic rings. The normalized spacial score (nSPS) is 24.4. The van der Waals surface area contributed by atoms with Crippen molar-refractivity contribution in [1.82, 2.24) is 0 Å². The fraction of sp³-hybridized carbons (Fsp3) is 0.667. The molecule has 3 nitrogen and oxygen atoms in total. The number of carbonyl (C=O) groups is 1. The van der Waals surface area contributed by atoms with Gasteiger partial charge >= 0.3 is 5.97 Å². The number of ether oxygens (including phenoxy) is 1. The van der Waals surface area contributed by atoms with Gasteiger partial charge in [0.1, 0.15) is 0 Å². The van der Waals surface area contributed by atoms with Crippen LogP contribution in [0.5, 0.6) is 0 Å². The molecular weight excluding hydrogens is 156 g/mol. The van der Waals surface area contributed by atoms with E-state index in [9.17, 15) is 4.79 Å². The highest BCUT2D eigenvalue weighted by molar-refractivity contribution is 5.80. The lowest BCUT2D eigenvalue weighted by Crippen LogP contribution is -2.05. The highest BCUT2D eigenvalue weighted by atomic mass is 16.5. The van der Waals surface area contributed by atoms with E-state index < -0.39 is 5.97 Å². The first-order valence-electron chi connectivity index (χ1n) is 4.20. The quantitative estimate of drug-likeness (QED) is 0.654. The Morgan fingerprint density at radius 3 is 3.00 bits per heavy atom. The van der Waals surface area contributed by atoms with Crippen molar-refractivity contribution in [1.29, 1.82) is 0 Å². The zero-order chi connectivity index (χ0) is 8.97. The van der Waals surface area contributed by atoms with Crippen molar-refractivity contribution in [3.05, 3.63) is 11.6 Å². The average molecular weight is 170 g/mol. The van der Waals surface area contributed by atoms with Crippen LogP contribution in [-0.4, -0.2) is 23.8 Å². The van der Waals surface area contributed by atoms with Crippen molar-refractivity contribution in [2.45, 2.75) is 32.3 Å². The summed E-state index contributed by atoms with van der Waals surface area (Å²) >= 11 is 0. The molecule has 0 saturated carbocycles. The second-order valence-electron chi connectivity index (χ2n) is 3.17. The fourth-order valence-corrected chi connectivity index (χ4v) is 1.43. The zero-order valence-electron chi connectivity index (χ0n) is 7.25. The topological polar surface area (TPSA) is 46.5 Å². The maximum atomic E-state index is 10.3. The van der Waals surface area contributed by atoms with Crippen molar-refractivity contribution in [3.8, 4) is 0 Å². The zero-order valence-corrected chi connectivity index (χ0v) is 7.25. The molecule has 1 aliphatic heterocycles. The van der Waals surface area contributed by atoms with Gasteiger partial charge < -0.3 is 9.84 Å². The van der Waals surface area contributed by atoms with Gasteiger partial charge in [0.25, 0.3) is 0 Å². The minimum atomic E-state index is -0.870. The lowest BCUT2D eigenvalue weighted by Gasteiger charge is -2.07. The van der Waals surface area contributed by atoms with Crippen LogP contribution in [-0.2, 0) is 9.53 Å². The monoisotopic (exact) mass is 170 g/mol. The Labute approximate surface area is 72.0 Å². The molecule has 12 heavy (non-hydrogen) atoms. The summed E-state index contributed by atoms with van der Waals surface area (Å²) in [6, 6.07) is 0. The molecule has 1 fully saturated rings. The predicted octanol–water partition coefficient (Wildman–Crippen LogP) is 1.59. The maximum absolute atomic E-state index is 10.3. The first kappa shape index (κ1) is 9.26. The largest absolute Gasteiger partial charge is 0.478 e. The SMILES string of the molecule is CC(=CC(=O)O)CC1CCCO1. The van der Waals surface area contributed by atoms with Crippen molar-refractivity contribution in [2.24, 2.45) is 0 Å². The van der Waals surface area contributed by atoms with E-state index in [-0.39, 0.29) is 6.10 Å². The Hall–Kier alpha value is -0.830. The van der Waals surface area contributed by atoms with Crippen LogP contribution in [0.1, 0.15) is 26.2 Å². The van der Waals surface area contributed by atoms with Crippen LogP contribution in [0, 0.1) is 0 Å². The van der Waals surface area contributed by atoms with Gasteiger partial charge in [-0.1, -0.05) is 5.57 Å². The van der Waals surface area contributed by atoms with E-state index in [1.807, 2.05) is 6.92 Å². The smallest absolute Gasteiger partial charge is 0.328 e. The summed E-state index contributed by atoms with van der Waals surface area (Å²) in [5.74, 6) is -0.870. The molecule has 0 amide bonds. The van der Waals surface area contributed by atoms with Gasteiger partial charge in [-0.05, 0) is 26.2 Å². The molecule has 1 rings (SSSR count). The van der Waals surface area contributed by atoms with Crippen LogP contribution in [0.2, 0.25) is 0 Å². The fourth-order valence-electron chi connectivity index (χ4n) is 1.43. The minimum Gasteiger partial charge on any atom is -0.478 e. The summed E-state index contributed by atoms with van der Waals surface area (Å²) in [5.41, 5.74) is 0.884. The Morgan fingerprint density at radius 1 is 1.75 bits per heavy atom. The molecule has 0 aromatic carbocycles. The Morgan fingerprint density at radius 2 is 2.50 bits per heavy atom. The maximum Gasteiger partial charge on any atom is 0.328 e. The van der Waals surface area contributed by atoms with Crippen LogP contribution >= 0.6 is 0 Å². The van der Waals surface area contributed by atoms with Gasteiger partial charge in [0.2, 0.25) is 0 Å². The Kier molecular flexibility index (Phi) is 3.29. The van der Waals surface area contributed by atoms with E-state index >= 15 is 0 Å². The van der Waals surface area contributed by atoms with Crippen molar-refractivity contribution in [2.75, 3.05) is 6.61 Å². The molecule has 0 spiro atoms. The van der Waals surface area contributed by atoms with Gasteiger partial charge in [0, 0.05) is 12.7 Å². The lowest BCUT2D eigenvalue weighted by molar-refractivity contribution is -0.131. The second-order valence-corrected chi connectivity index (χ2v) is 3.17. The van der Waals surface area contributed by atoms with Crippen LogP contribution < -0.4 is 0 Å². The third kappa shape index (κ3) is 3.05. The van der Waals surface area contributed by atoms with Gasteiger partial charge in [-0.3, -0.25) is 0 Å². The van der Waals surface area contributed by atoms with Gasteiger partial charge in [-0.25, -0.2) is 4.79 Å². The van der Waals surface area contributed by atoms with E-state index in [0.29, 0.717) is 0 Å². The summed E-state index contributed by atoms with van der Waals surface area (Å²) in [6.07, 6.45) is 4.42. The first-order valence-corrected chi connectivity index (χ1v) is 4.20. The summed E-state index contributed by atoms with van der Waals surface area (Å²) in [6.45, 7) is 2.65. The van der Waals surface area contributed by atoms with Gasteiger partial charge in [0.15, 0.2) is 0 Å². The predicted molar refractivity (Wildman–Crippen MR) is 45.0 cm³/mol. The molecule has 3 heteroatoms. The number of hydrogen-bond donors (Lipinski definition) is 1. The van der Waals surface area contributed by atoms with Crippen LogP contribution in [0.15, 0.2) is 11.6 Å². The van der Waals surface area contributed by atoms with E-state index in [2.05, 4.69) is 0 Å². The minimum absolute atomic E-state index is 0.251. The summed E-state index contributed by atoms with van der Waals surface area (Å²) in [5, 5.41) is 8.44. The first-order chi connectivity index (χ1) is 5.68. The van der Waals surface area contributed by atoms with Crippen molar-refractivity contribution < 1.29 is 14.6 Å². The highest BCUT2D eigenvalue weighted by Gasteiger charge is 2.15. The summed E-state index contributed by atoms with van der Waals surface area (Å²) in [7, 11) is 0. The van der Waals surface area contributed by atoms with Crippen molar-refractivity contribution >= 4 is 5.97 Å². The molecular formula is C9H14O3. The summed E-state index contributed by atoms with van der Waals surface area (Å²) < 4.78 is 5.37. The van der Waals surface area contributed by atoms with Crippen molar-refractivity contribution in [3.63, 3.8) is 0 Å². The van der Waals surface area contributed by atoms with E-state index in [1.54, 1.807) is 0 Å². The third-order valence-electron chi connectivity index (χ3n) is 1.94. The molecule has 0 bridgehead atoms. The molecule has 1 heterocycles. The van der Waals surface area contributed by atoms with Gasteiger partial charge in [-0.15, -0.1) is 0 Å². The van der Waals surface area contributed by atoms with Gasteiger partial charge in [-0.2, -0.15) is 0 Å². The Balaban J connectivity index is 2.34. The second kappa shape index (κ2) is 4.26. The van der Waals surface area contributed by atoms with E-state index in [0.717, 1.165) is 31.4 Å². The molecule has 1 atom stereocenters. The van der Waals surface area contributed by atoms with Crippen LogP contribution in [0.4, 0.5) is 0 Å². The molecule has 1 N–H and O–H groups in total. The van der Waals surface area contributed by atoms with E-state index in [4.69, 9.17) is 9.84 Å². The average Bonchev–Trinajstić information content (AvgIpc) is 2.37. The number of hydrogen-bond acceptors (Lipinski definition) is 2. The standard InChI is InChI=1S/C9H14O3/c1-7(6-9(10)11)5-8-3-2-4-12-8/h6,8H,2-5H2,1H3,(H,10,11). The molecule has 0 aromatic rings. The highest BCUT2D eigenvalue weighted by Crippen LogP contribution is 2.18. The molecule has 0 aliphatic carbocycles. The third-order valence-corrected chi connectivity index (χ3v) is 1.94. The number of rotatable bonds is 3. The molecule has 1 unspecified atom stereocenters. The van der Waals surface area contributed by atoms with Gasteiger partial charge in [0.05, 0.1) is 6.10 Å². The lowest BCUT2D eigenvalue weighted by atomic mass is 10.1.